The van der Waals surface area contributed by atoms with Gasteiger partial charge in [-0.3, -0.25) is 4.79 Å². The number of ether oxygens (including phenoxy) is 1. The molecule has 1 fully saturated rings. The first kappa shape index (κ1) is 12.4. The number of nitrogens with zero attached hydrogens (tertiary/aromatic N) is 1. The number of carbonyl (C=O) groups is 1. The van der Waals surface area contributed by atoms with Crippen molar-refractivity contribution in [1.29, 1.82) is 0 Å². The third-order valence-electron chi connectivity index (χ3n) is 2.37. The smallest absolute Gasteiger partial charge is 0.223 e. The molecule has 1 aliphatic rings. The molecule has 1 heterocycles. The molecule has 1 aliphatic heterocycles. The van der Waals surface area contributed by atoms with E-state index < -0.39 is 9.84 Å². The molecule has 6 heteroatoms. The summed E-state index contributed by atoms with van der Waals surface area (Å²) in [5.74, 6) is -0.174. The fraction of sp³-hybridized carbons (Fsp3) is 0.889. The zero-order chi connectivity index (χ0) is 11.5. The predicted octanol–water partition coefficient (Wildman–Crippen LogP) is -0.332. The SMILES string of the molecule is CC1COCCN1C(=O)CCS(C)(=O)=O. The second-order valence-electron chi connectivity index (χ2n) is 3.89. The predicted molar refractivity (Wildman–Crippen MR) is 56.3 cm³/mol. The van der Waals surface area contributed by atoms with Gasteiger partial charge in [0.05, 0.1) is 25.0 Å². The van der Waals surface area contributed by atoms with E-state index in [1.54, 1.807) is 4.90 Å². The van der Waals surface area contributed by atoms with Crippen LogP contribution in [-0.2, 0) is 19.4 Å². The van der Waals surface area contributed by atoms with Gasteiger partial charge >= 0.3 is 0 Å². The van der Waals surface area contributed by atoms with Crippen molar-refractivity contribution in [2.75, 3.05) is 31.8 Å². The molecule has 1 unspecified atom stereocenters. The van der Waals surface area contributed by atoms with Gasteiger partial charge < -0.3 is 9.64 Å². The summed E-state index contributed by atoms with van der Waals surface area (Å²) in [6, 6.07) is 0.0470. The Balaban J connectivity index is 2.45. The lowest BCUT2D eigenvalue weighted by molar-refractivity contribution is -0.138. The van der Waals surface area contributed by atoms with Crippen LogP contribution in [0.2, 0.25) is 0 Å². The maximum Gasteiger partial charge on any atom is 0.223 e. The molecule has 0 radical (unpaired) electrons. The van der Waals surface area contributed by atoms with Crippen LogP contribution in [0.1, 0.15) is 13.3 Å². The maximum absolute atomic E-state index is 11.7. The van der Waals surface area contributed by atoms with Crippen molar-refractivity contribution >= 4 is 15.7 Å². The van der Waals surface area contributed by atoms with Gasteiger partial charge in [0, 0.05) is 19.2 Å². The summed E-state index contributed by atoms with van der Waals surface area (Å²) in [6.45, 7) is 3.53. The molecule has 0 aromatic carbocycles. The molecule has 0 aliphatic carbocycles. The molecule has 1 saturated heterocycles. The molecule has 1 amide bonds. The average Bonchev–Trinajstić information content (AvgIpc) is 2.14. The molecule has 0 saturated carbocycles. The molecule has 88 valence electrons. The van der Waals surface area contributed by atoms with Crippen molar-refractivity contribution in [2.45, 2.75) is 19.4 Å². The summed E-state index contributed by atoms with van der Waals surface area (Å²) in [6.07, 6.45) is 1.21. The molecule has 1 atom stereocenters. The van der Waals surface area contributed by atoms with Gasteiger partial charge in [-0.05, 0) is 6.92 Å². The monoisotopic (exact) mass is 235 g/mol. The van der Waals surface area contributed by atoms with Crippen molar-refractivity contribution < 1.29 is 17.9 Å². The van der Waals surface area contributed by atoms with Gasteiger partial charge in [0.1, 0.15) is 9.84 Å². The Morgan fingerprint density at radius 2 is 2.20 bits per heavy atom. The van der Waals surface area contributed by atoms with E-state index in [4.69, 9.17) is 4.74 Å². The molecule has 0 N–H and O–H groups in total. The number of carbonyl (C=O) groups excluding carboxylic acids is 1. The topological polar surface area (TPSA) is 63.7 Å². The lowest BCUT2D eigenvalue weighted by Gasteiger charge is -2.33. The van der Waals surface area contributed by atoms with Crippen LogP contribution in [0, 0.1) is 0 Å². The minimum absolute atomic E-state index is 0.0470. The van der Waals surface area contributed by atoms with Gasteiger partial charge in [-0.15, -0.1) is 0 Å². The molecule has 0 bridgehead atoms. The van der Waals surface area contributed by atoms with Crippen molar-refractivity contribution in [3.05, 3.63) is 0 Å². The highest BCUT2D eigenvalue weighted by molar-refractivity contribution is 7.90. The van der Waals surface area contributed by atoms with Gasteiger partial charge in [0.15, 0.2) is 0 Å². The number of sulfone groups is 1. The van der Waals surface area contributed by atoms with Crippen LogP contribution in [0.3, 0.4) is 0 Å². The minimum atomic E-state index is -3.05. The second kappa shape index (κ2) is 4.94. The van der Waals surface area contributed by atoms with Crippen LogP contribution in [0.25, 0.3) is 0 Å². The number of rotatable bonds is 3. The quantitative estimate of drug-likeness (QED) is 0.672. The third-order valence-corrected chi connectivity index (χ3v) is 3.32. The van der Waals surface area contributed by atoms with E-state index in [0.29, 0.717) is 19.8 Å². The van der Waals surface area contributed by atoms with E-state index in [9.17, 15) is 13.2 Å². The highest BCUT2D eigenvalue weighted by Gasteiger charge is 2.23. The zero-order valence-corrected chi connectivity index (χ0v) is 9.92. The number of hydrogen-bond acceptors (Lipinski definition) is 4. The normalized spacial score (nSPS) is 22.8. The standard InChI is InChI=1S/C9H17NO4S/c1-8-7-14-5-4-10(8)9(11)3-6-15(2,12)13/h8H,3-7H2,1-2H3. The van der Waals surface area contributed by atoms with Gasteiger partial charge in [-0.25, -0.2) is 8.42 Å². The van der Waals surface area contributed by atoms with Crippen molar-refractivity contribution in [3.63, 3.8) is 0 Å². The van der Waals surface area contributed by atoms with Crippen LogP contribution in [0.15, 0.2) is 0 Å². The fourth-order valence-electron chi connectivity index (χ4n) is 1.51. The molecule has 0 aromatic heterocycles. The fourth-order valence-corrected chi connectivity index (χ4v) is 2.06. The first-order chi connectivity index (χ1) is 6.90. The van der Waals surface area contributed by atoms with Crippen molar-refractivity contribution in [2.24, 2.45) is 0 Å². The molecule has 0 aromatic rings. The highest BCUT2D eigenvalue weighted by Crippen LogP contribution is 2.08. The summed E-state index contributed by atoms with van der Waals surface area (Å²) in [5.41, 5.74) is 0. The van der Waals surface area contributed by atoms with Crippen LogP contribution in [0.4, 0.5) is 0 Å². The van der Waals surface area contributed by atoms with Gasteiger partial charge in [0.25, 0.3) is 0 Å². The summed E-state index contributed by atoms with van der Waals surface area (Å²) in [5, 5.41) is 0. The molecular weight excluding hydrogens is 218 g/mol. The lowest BCUT2D eigenvalue weighted by Crippen LogP contribution is -2.47. The van der Waals surface area contributed by atoms with Gasteiger partial charge in [0.2, 0.25) is 5.91 Å². The summed E-state index contributed by atoms with van der Waals surface area (Å²) < 4.78 is 27.0. The Hall–Kier alpha value is -0.620. The van der Waals surface area contributed by atoms with E-state index in [1.807, 2.05) is 6.92 Å². The Morgan fingerprint density at radius 3 is 2.73 bits per heavy atom. The van der Waals surface area contributed by atoms with Crippen LogP contribution < -0.4 is 0 Å². The molecule has 0 spiro atoms. The molecule has 5 nitrogen and oxygen atoms in total. The third kappa shape index (κ3) is 4.17. The van der Waals surface area contributed by atoms with E-state index >= 15 is 0 Å². The van der Waals surface area contributed by atoms with Gasteiger partial charge in [-0.2, -0.15) is 0 Å². The first-order valence-corrected chi connectivity index (χ1v) is 7.01. The molecular formula is C9H17NO4S. The van der Waals surface area contributed by atoms with Crippen molar-refractivity contribution in [1.82, 2.24) is 4.90 Å². The largest absolute Gasteiger partial charge is 0.377 e. The maximum atomic E-state index is 11.7. The van der Waals surface area contributed by atoms with E-state index in [0.717, 1.165) is 6.26 Å². The Kier molecular flexibility index (Phi) is 4.10. The van der Waals surface area contributed by atoms with E-state index in [2.05, 4.69) is 0 Å². The number of amides is 1. The Morgan fingerprint density at radius 1 is 1.53 bits per heavy atom. The van der Waals surface area contributed by atoms with Crippen LogP contribution in [0.5, 0.6) is 0 Å². The zero-order valence-electron chi connectivity index (χ0n) is 9.10. The van der Waals surface area contributed by atoms with E-state index in [1.165, 1.54) is 0 Å². The number of hydrogen-bond donors (Lipinski definition) is 0. The van der Waals surface area contributed by atoms with Crippen molar-refractivity contribution in [3.8, 4) is 0 Å². The number of morpholine rings is 1. The molecule has 1 rings (SSSR count). The summed E-state index contributed by atoms with van der Waals surface area (Å²) in [7, 11) is -3.05. The Bertz CT molecular complexity index is 325. The lowest BCUT2D eigenvalue weighted by atomic mass is 10.2. The highest BCUT2D eigenvalue weighted by atomic mass is 32.2. The van der Waals surface area contributed by atoms with Crippen LogP contribution >= 0.6 is 0 Å². The average molecular weight is 235 g/mol. The Labute approximate surface area is 90.3 Å². The second-order valence-corrected chi connectivity index (χ2v) is 6.15. The summed E-state index contributed by atoms with van der Waals surface area (Å²) in [4.78, 5) is 13.4. The summed E-state index contributed by atoms with van der Waals surface area (Å²) >= 11 is 0. The first-order valence-electron chi connectivity index (χ1n) is 4.95. The minimum Gasteiger partial charge on any atom is -0.377 e. The van der Waals surface area contributed by atoms with Gasteiger partial charge in [-0.1, -0.05) is 0 Å². The van der Waals surface area contributed by atoms with E-state index in [-0.39, 0.29) is 24.1 Å². The van der Waals surface area contributed by atoms with Crippen LogP contribution in [-0.4, -0.2) is 57.0 Å². The molecule has 15 heavy (non-hydrogen) atoms.